The second-order valence-electron chi connectivity index (χ2n) is 9.16. The van der Waals surface area contributed by atoms with Gasteiger partial charge in [-0.05, 0) is 70.7 Å². The molecule has 0 spiro atoms. The summed E-state index contributed by atoms with van der Waals surface area (Å²) in [4.78, 5) is 0. The van der Waals surface area contributed by atoms with Crippen molar-refractivity contribution in [3.8, 4) is 5.75 Å². The molecular weight excluding hydrogens is 358 g/mol. The molecule has 1 N–H and O–H groups in total. The van der Waals surface area contributed by atoms with Crippen molar-refractivity contribution in [2.45, 2.75) is 83.5 Å². The Balaban J connectivity index is 1.66. The number of halogens is 1. The van der Waals surface area contributed by atoms with E-state index in [0.29, 0.717) is 17.9 Å². The summed E-state index contributed by atoms with van der Waals surface area (Å²) in [6, 6.07) is 7.26. The quantitative estimate of drug-likeness (QED) is 0.712. The molecule has 1 aliphatic carbocycles. The van der Waals surface area contributed by atoms with Crippen LogP contribution in [0, 0.1) is 0 Å². The first-order valence-electron chi connectivity index (χ1n) is 10.2. The number of hydrogen-bond acceptors (Lipinski definition) is 4. The average Bonchev–Trinajstić information content (AvgIpc) is 2.87. The SMILES string of the molecule is CC(=C(F)B1OC(C)(C)C(C)(C)O1)c1ccc(OCC2(O)CCCCC2)cc1. The van der Waals surface area contributed by atoms with Gasteiger partial charge in [0, 0.05) is 0 Å². The smallest absolute Gasteiger partial charge is 0.491 e. The molecule has 0 radical (unpaired) electrons. The highest BCUT2D eigenvalue weighted by Gasteiger charge is 2.53. The van der Waals surface area contributed by atoms with E-state index in [9.17, 15) is 9.50 Å². The van der Waals surface area contributed by atoms with Gasteiger partial charge in [0.2, 0.25) is 0 Å². The third-order valence-electron chi connectivity index (χ3n) is 6.40. The third kappa shape index (κ3) is 4.45. The predicted octanol–water partition coefficient (Wildman–Crippen LogP) is 5.09. The standard InChI is InChI=1S/C22H32BFO4/c1-16(19(24)23-27-20(2,3)21(4,5)28-23)17-9-11-18(12-10-17)26-15-22(25)13-7-6-8-14-22/h9-12,25H,6-8,13-15H2,1-5H3. The molecule has 1 saturated heterocycles. The molecule has 3 rings (SSSR count). The summed E-state index contributed by atoms with van der Waals surface area (Å²) in [5.41, 5.74) is -1.07. The minimum absolute atomic E-state index is 0.295. The van der Waals surface area contributed by atoms with Crippen LogP contribution in [0.2, 0.25) is 0 Å². The Morgan fingerprint density at radius 1 is 1.04 bits per heavy atom. The van der Waals surface area contributed by atoms with Crippen LogP contribution in [0.15, 0.2) is 30.0 Å². The van der Waals surface area contributed by atoms with E-state index in [2.05, 4.69) is 0 Å². The number of hydrogen-bond donors (Lipinski definition) is 1. The number of benzene rings is 1. The topological polar surface area (TPSA) is 47.9 Å². The van der Waals surface area contributed by atoms with Crippen molar-refractivity contribution in [1.82, 2.24) is 0 Å². The minimum Gasteiger partial charge on any atom is -0.491 e. The van der Waals surface area contributed by atoms with Gasteiger partial charge < -0.3 is 19.2 Å². The maximum absolute atomic E-state index is 15.0. The molecule has 1 aromatic carbocycles. The molecule has 6 heteroatoms. The van der Waals surface area contributed by atoms with E-state index in [1.807, 2.05) is 52.0 Å². The Labute approximate surface area is 168 Å². The van der Waals surface area contributed by atoms with Gasteiger partial charge in [-0.25, -0.2) is 4.39 Å². The lowest BCUT2D eigenvalue weighted by Gasteiger charge is -2.32. The molecular formula is C22H32BFO4. The van der Waals surface area contributed by atoms with Crippen LogP contribution >= 0.6 is 0 Å². The summed E-state index contributed by atoms with van der Waals surface area (Å²) < 4.78 is 32.4. The van der Waals surface area contributed by atoms with Crippen LogP contribution in [0.4, 0.5) is 4.39 Å². The summed E-state index contributed by atoms with van der Waals surface area (Å²) in [5, 5.41) is 10.5. The molecule has 2 fully saturated rings. The highest BCUT2D eigenvalue weighted by Crippen LogP contribution is 2.40. The fraction of sp³-hybridized carbons (Fsp3) is 0.636. The third-order valence-corrected chi connectivity index (χ3v) is 6.40. The van der Waals surface area contributed by atoms with Gasteiger partial charge in [0.05, 0.1) is 16.8 Å². The number of allylic oxidation sites excluding steroid dienone is 1. The molecule has 1 aliphatic heterocycles. The predicted molar refractivity (Wildman–Crippen MR) is 110 cm³/mol. The Morgan fingerprint density at radius 2 is 1.57 bits per heavy atom. The summed E-state index contributed by atoms with van der Waals surface area (Å²) in [7, 11) is -0.999. The monoisotopic (exact) mass is 390 g/mol. The molecule has 0 atom stereocenters. The maximum atomic E-state index is 15.0. The van der Waals surface area contributed by atoms with E-state index in [-0.39, 0.29) is 0 Å². The Bertz CT molecular complexity index is 705. The zero-order valence-electron chi connectivity index (χ0n) is 17.7. The molecule has 1 aromatic rings. The van der Waals surface area contributed by atoms with E-state index < -0.39 is 29.6 Å². The zero-order chi connectivity index (χ0) is 20.6. The molecule has 4 nitrogen and oxygen atoms in total. The molecule has 28 heavy (non-hydrogen) atoms. The first kappa shape index (κ1) is 21.3. The van der Waals surface area contributed by atoms with Gasteiger partial charge in [-0.2, -0.15) is 0 Å². The van der Waals surface area contributed by atoms with E-state index in [1.165, 1.54) is 6.42 Å². The molecule has 2 aliphatic rings. The lowest BCUT2D eigenvalue weighted by atomic mass is 9.83. The van der Waals surface area contributed by atoms with E-state index >= 15 is 0 Å². The van der Waals surface area contributed by atoms with Gasteiger partial charge >= 0.3 is 7.12 Å². The van der Waals surface area contributed by atoms with Gasteiger partial charge in [0.25, 0.3) is 0 Å². The van der Waals surface area contributed by atoms with Gasteiger partial charge in [0.1, 0.15) is 18.1 Å². The molecule has 1 heterocycles. The lowest BCUT2D eigenvalue weighted by molar-refractivity contribution is -0.0339. The van der Waals surface area contributed by atoms with Crippen LogP contribution in [0.1, 0.15) is 72.3 Å². The van der Waals surface area contributed by atoms with Crippen LogP contribution in [0.5, 0.6) is 5.75 Å². The van der Waals surface area contributed by atoms with Gasteiger partial charge in [-0.1, -0.05) is 31.4 Å². The van der Waals surface area contributed by atoms with Crippen molar-refractivity contribution in [3.05, 3.63) is 35.6 Å². The fourth-order valence-corrected chi connectivity index (χ4v) is 3.63. The van der Waals surface area contributed by atoms with Crippen LogP contribution in [0.3, 0.4) is 0 Å². The highest BCUT2D eigenvalue weighted by atomic mass is 19.1. The van der Waals surface area contributed by atoms with Crippen LogP contribution < -0.4 is 4.74 Å². The van der Waals surface area contributed by atoms with Gasteiger partial charge in [-0.3, -0.25) is 0 Å². The van der Waals surface area contributed by atoms with Crippen molar-refractivity contribution in [2.24, 2.45) is 0 Å². The first-order valence-corrected chi connectivity index (χ1v) is 10.2. The first-order chi connectivity index (χ1) is 13.0. The van der Waals surface area contributed by atoms with Crippen LogP contribution in [0.25, 0.3) is 5.57 Å². The van der Waals surface area contributed by atoms with Gasteiger partial charge in [-0.15, -0.1) is 0 Å². The van der Waals surface area contributed by atoms with Crippen molar-refractivity contribution in [1.29, 1.82) is 0 Å². The number of ether oxygens (including phenoxy) is 1. The maximum Gasteiger partial charge on any atom is 0.525 e. The molecule has 154 valence electrons. The van der Waals surface area contributed by atoms with Gasteiger partial charge in [0.15, 0.2) is 0 Å². The largest absolute Gasteiger partial charge is 0.525 e. The average molecular weight is 390 g/mol. The van der Waals surface area contributed by atoms with Crippen LogP contribution in [-0.2, 0) is 9.31 Å². The van der Waals surface area contributed by atoms with E-state index in [1.54, 1.807) is 6.92 Å². The summed E-state index contributed by atoms with van der Waals surface area (Å²) in [5.74, 6) is 0.673. The summed E-state index contributed by atoms with van der Waals surface area (Å²) in [6.07, 6.45) is 4.83. The zero-order valence-corrected chi connectivity index (χ0v) is 17.7. The highest BCUT2D eigenvalue weighted by molar-refractivity contribution is 6.55. The summed E-state index contributed by atoms with van der Waals surface area (Å²) in [6.45, 7) is 9.64. The second kappa shape index (κ2) is 7.81. The van der Waals surface area contributed by atoms with Crippen molar-refractivity contribution < 1.29 is 23.5 Å². The minimum atomic E-state index is -0.999. The van der Waals surface area contributed by atoms with Crippen molar-refractivity contribution in [2.75, 3.05) is 6.61 Å². The Hall–Kier alpha value is -1.37. The second-order valence-corrected chi connectivity index (χ2v) is 9.16. The summed E-state index contributed by atoms with van der Waals surface area (Å²) >= 11 is 0. The van der Waals surface area contributed by atoms with Crippen molar-refractivity contribution in [3.63, 3.8) is 0 Å². The molecule has 0 amide bonds. The van der Waals surface area contributed by atoms with E-state index in [0.717, 1.165) is 31.2 Å². The number of aliphatic hydroxyl groups is 1. The van der Waals surface area contributed by atoms with Crippen molar-refractivity contribution >= 4 is 12.7 Å². The van der Waals surface area contributed by atoms with E-state index in [4.69, 9.17) is 14.0 Å². The molecule has 1 saturated carbocycles. The van der Waals surface area contributed by atoms with Crippen LogP contribution in [-0.4, -0.2) is 35.6 Å². The molecule has 0 unspecified atom stereocenters. The molecule has 0 bridgehead atoms. The Kier molecular flexibility index (Phi) is 5.95. The molecule has 0 aromatic heterocycles. The lowest BCUT2D eigenvalue weighted by Crippen LogP contribution is -2.41. The number of rotatable bonds is 5. The fourth-order valence-electron chi connectivity index (χ4n) is 3.63. The Morgan fingerprint density at radius 3 is 2.11 bits per heavy atom. The normalized spacial score (nSPS) is 24.0.